The number of anilines is 1. The lowest BCUT2D eigenvalue weighted by molar-refractivity contribution is -0.120. The molecule has 3 aromatic rings. The van der Waals surface area contributed by atoms with E-state index < -0.39 is 6.04 Å². The number of likely N-dealkylation sites (N-methyl/N-ethyl adjacent to an activating group) is 1. The molecule has 0 radical (unpaired) electrons. The molecule has 2 aromatic carbocycles. The van der Waals surface area contributed by atoms with Crippen LogP contribution in [0.25, 0.3) is 0 Å². The molecule has 0 fully saturated rings. The van der Waals surface area contributed by atoms with Gasteiger partial charge in [-0.1, -0.05) is 42.0 Å². The first-order valence-electron chi connectivity index (χ1n) is 9.28. The number of para-hydroxylation sites is 2. The summed E-state index contributed by atoms with van der Waals surface area (Å²) in [4.78, 5) is 19.0. The number of methoxy groups -OCH3 is 1. The monoisotopic (exact) mass is 391 g/mol. The van der Waals surface area contributed by atoms with Gasteiger partial charge in [-0.3, -0.25) is 9.69 Å². The van der Waals surface area contributed by atoms with Crippen molar-refractivity contribution in [3.63, 3.8) is 0 Å². The van der Waals surface area contributed by atoms with Gasteiger partial charge < -0.3 is 14.8 Å². The number of carbonyl (C=O) groups excluding carboxylic acids is 1. The predicted molar refractivity (Wildman–Crippen MR) is 114 cm³/mol. The fourth-order valence-electron chi connectivity index (χ4n) is 2.97. The van der Waals surface area contributed by atoms with E-state index in [1.54, 1.807) is 31.5 Å². The second kappa shape index (κ2) is 9.21. The van der Waals surface area contributed by atoms with E-state index in [1.807, 2.05) is 68.4 Å². The van der Waals surface area contributed by atoms with Crippen LogP contribution < -0.4 is 14.8 Å². The van der Waals surface area contributed by atoms with Crippen molar-refractivity contribution in [2.24, 2.45) is 0 Å². The van der Waals surface area contributed by atoms with E-state index in [4.69, 9.17) is 9.47 Å². The van der Waals surface area contributed by atoms with Crippen LogP contribution in [0.4, 0.5) is 5.69 Å². The van der Waals surface area contributed by atoms with Gasteiger partial charge in [0.25, 0.3) is 0 Å². The van der Waals surface area contributed by atoms with Crippen LogP contribution in [-0.4, -0.2) is 37.0 Å². The Morgan fingerprint density at radius 2 is 1.69 bits per heavy atom. The number of rotatable bonds is 7. The summed E-state index contributed by atoms with van der Waals surface area (Å²) in [5, 5.41) is 2.93. The third-order valence-electron chi connectivity index (χ3n) is 4.45. The van der Waals surface area contributed by atoms with Crippen LogP contribution in [0.2, 0.25) is 0 Å². The predicted octanol–water partition coefficient (Wildman–Crippen LogP) is 4.43. The molecule has 0 aliphatic carbocycles. The molecule has 150 valence electrons. The van der Waals surface area contributed by atoms with Crippen molar-refractivity contribution in [3.05, 3.63) is 78.0 Å². The van der Waals surface area contributed by atoms with Gasteiger partial charge in [-0.05, 0) is 44.8 Å². The molecule has 6 heteroatoms. The largest absolute Gasteiger partial charge is 0.493 e. The molecule has 1 amide bonds. The van der Waals surface area contributed by atoms with Gasteiger partial charge in [0.1, 0.15) is 6.04 Å². The molecular formula is C23H25N3O3. The van der Waals surface area contributed by atoms with Gasteiger partial charge in [0.2, 0.25) is 11.8 Å². The molecule has 1 heterocycles. The van der Waals surface area contributed by atoms with Crippen molar-refractivity contribution in [2.75, 3.05) is 26.5 Å². The van der Waals surface area contributed by atoms with Crippen molar-refractivity contribution < 1.29 is 14.3 Å². The number of hydrogen-bond donors (Lipinski definition) is 1. The Kier molecular flexibility index (Phi) is 6.46. The average Bonchev–Trinajstić information content (AvgIpc) is 2.71. The number of ether oxygens (including phenoxy) is 2. The summed E-state index contributed by atoms with van der Waals surface area (Å²) >= 11 is 0. The third-order valence-corrected chi connectivity index (χ3v) is 4.45. The molecule has 3 rings (SSSR count). The summed E-state index contributed by atoms with van der Waals surface area (Å²) in [6, 6.07) is 18.4. The highest BCUT2D eigenvalue weighted by Gasteiger charge is 2.23. The first kappa shape index (κ1) is 20.4. The maximum absolute atomic E-state index is 12.9. The first-order valence-corrected chi connectivity index (χ1v) is 9.28. The van der Waals surface area contributed by atoms with Crippen LogP contribution in [-0.2, 0) is 4.79 Å². The summed E-state index contributed by atoms with van der Waals surface area (Å²) in [5.41, 5.74) is 2.69. The molecular weight excluding hydrogens is 366 g/mol. The quantitative estimate of drug-likeness (QED) is 0.645. The van der Waals surface area contributed by atoms with Gasteiger partial charge in [-0.2, -0.15) is 0 Å². The van der Waals surface area contributed by atoms with Gasteiger partial charge in [-0.25, -0.2) is 4.98 Å². The maximum Gasteiger partial charge on any atom is 0.246 e. The summed E-state index contributed by atoms with van der Waals surface area (Å²) in [6.07, 6.45) is 1.57. The number of hydrogen-bond acceptors (Lipinski definition) is 5. The lowest BCUT2D eigenvalue weighted by atomic mass is 10.0. The number of aromatic nitrogens is 1. The smallest absolute Gasteiger partial charge is 0.246 e. The normalized spacial score (nSPS) is 11.8. The molecule has 0 bridgehead atoms. The maximum atomic E-state index is 12.9. The van der Waals surface area contributed by atoms with E-state index in [-0.39, 0.29) is 5.91 Å². The number of aryl methyl sites for hydroxylation is 1. The number of amides is 1. The Morgan fingerprint density at radius 3 is 2.28 bits per heavy atom. The standard InChI is InChI=1S/C23H25N3O3/c1-16-9-11-17(12-10-16)22(26(2)3)23(27)25-18-13-14-21(24-15-18)29-20-8-6-5-7-19(20)28-4/h5-15,22H,1-4H3,(H,25,27). The Hall–Kier alpha value is -3.38. The molecule has 0 aliphatic heterocycles. The first-order chi connectivity index (χ1) is 14.0. The molecule has 1 aromatic heterocycles. The number of nitrogens with one attached hydrogen (secondary N) is 1. The Bertz CT molecular complexity index is 954. The minimum atomic E-state index is -0.403. The van der Waals surface area contributed by atoms with Crippen LogP contribution in [0, 0.1) is 6.92 Å². The average molecular weight is 391 g/mol. The van der Waals surface area contributed by atoms with E-state index in [1.165, 1.54) is 0 Å². The van der Waals surface area contributed by atoms with Crippen LogP contribution >= 0.6 is 0 Å². The van der Waals surface area contributed by atoms with Crippen LogP contribution in [0.5, 0.6) is 17.4 Å². The summed E-state index contributed by atoms with van der Waals surface area (Å²) < 4.78 is 11.0. The Labute approximate surface area is 171 Å². The number of pyridine rings is 1. The number of nitrogens with zero attached hydrogens (tertiary/aromatic N) is 2. The minimum Gasteiger partial charge on any atom is -0.493 e. The van der Waals surface area contributed by atoms with Crippen molar-refractivity contribution >= 4 is 11.6 Å². The SMILES string of the molecule is COc1ccccc1Oc1ccc(NC(=O)C(c2ccc(C)cc2)N(C)C)cn1. The topological polar surface area (TPSA) is 63.7 Å². The summed E-state index contributed by atoms with van der Waals surface area (Å²) in [6.45, 7) is 2.02. The fraction of sp³-hybridized carbons (Fsp3) is 0.217. The minimum absolute atomic E-state index is 0.126. The highest BCUT2D eigenvalue weighted by atomic mass is 16.5. The van der Waals surface area contributed by atoms with Crippen molar-refractivity contribution in [1.29, 1.82) is 0 Å². The lowest BCUT2D eigenvalue weighted by Gasteiger charge is -2.24. The molecule has 29 heavy (non-hydrogen) atoms. The van der Waals surface area contributed by atoms with Crippen LogP contribution in [0.3, 0.4) is 0 Å². The summed E-state index contributed by atoms with van der Waals surface area (Å²) in [5.74, 6) is 1.49. The van der Waals surface area contributed by atoms with E-state index in [0.717, 1.165) is 11.1 Å². The van der Waals surface area contributed by atoms with Gasteiger partial charge in [0.15, 0.2) is 11.5 Å². The van der Waals surface area contributed by atoms with Gasteiger partial charge in [-0.15, -0.1) is 0 Å². The van der Waals surface area contributed by atoms with Gasteiger partial charge in [0.05, 0.1) is 19.0 Å². The Balaban J connectivity index is 1.71. The molecule has 6 nitrogen and oxygen atoms in total. The van der Waals surface area contributed by atoms with Crippen LogP contribution in [0.15, 0.2) is 66.9 Å². The highest BCUT2D eigenvalue weighted by Crippen LogP contribution is 2.30. The summed E-state index contributed by atoms with van der Waals surface area (Å²) in [7, 11) is 5.35. The zero-order valence-electron chi connectivity index (χ0n) is 17.0. The second-order valence-corrected chi connectivity index (χ2v) is 6.90. The van der Waals surface area contributed by atoms with E-state index in [2.05, 4.69) is 10.3 Å². The second-order valence-electron chi connectivity index (χ2n) is 6.90. The van der Waals surface area contributed by atoms with E-state index in [9.17, 15) is 4.79 Å². The number of benzene rings is 2. The molecule has 1 N–H and O–H groups in total. The lowest BCUT2D eigenvalue weighted by Crippen LogP contribution is -2.32. The third kappa shape index (κ3) is 5.12. The van der Waals surface area contributed by atoms with E-state index in [0.29, 0.717) is 23.1 Å². The van der Waals surface area contributed by atoms with Crippen molar-refractivity contribution in [3.8, 4) is 17.4 Å². The highest BCUT2D eigenvalue weighted by molar-refractivity contribution is 5.95. The Morgan fingerprint density at radius 1 is 1.00 bits per heavy atom. The van der Waals surface area contributed by atoms with Crippen molar-refractivity contribution in [1.82, 2.24) is 9.88 Å². The zero-order chi connectivity index (χ0) is 20.8. The van der Waals surface area contributed by atoms with Crippen molar-refractivity contribution in [2.45, 2.75) is 13.0 Å². The van der Waals surface area contributed by atoms with E-state index >= 15 is 0 Å². The van der Waals surface area contributed by atoms with Gasteiger partial charge in [0, 0.05) is 6.07 Å². The fourth-order valence-corrected chi connectivity index (χ4v) is 2.97. The molecule has 1 unspecified atom stereocenters. The zero-order valence-corrected chi connectivity index (χ0v) is 17.0. The molecule has 0 spiro atoms. The van der Waals surface area contributed by atoms with Gasteiger partial charge >= 0.3 is 0 Å². The number of carbonyl (C=O) groups is 1. The molecule has 0 aliphatic rings. The molecule has 0 saturated heterocycles. The molecule has 0 saturated carbocycles. The van der Waals surface area contributed by atoms with Crippen LogP contribution in [0.1, 0.15) is 17.2 Å². The molecule has 1 atom stereocenters.